The Morgan fingerprint density at radius 1 is 1.15 bits per heavy atom. The summed E-state index contributed by atoms with van der Waals surface area (Å²) < 4.78 is 39.8. The minimum atomic E-state index is -4.42. The molecule has 0 spiro atoms. The number of carbonyl (C=O) groups is 1. The van der Waals surface area contributed by atoms with Gasteiger partial charge in [0.15, 0.2) is 0 Å². The normalized spacial score (nSPS) is 11.4. The topological polar surface area (TPSA) is 59.8 Å². The Morgan fingerprint density at radius 3 is 2.59 bits per heavy atom. The predicted octanol–water partition coefficient (Wildman–Crippen LogP) is 3.36. The number of nitrogens with zero attached hydrogens (tertiary/aromatic N) is 3. The van der Waals surface area contributed by atoms with Crippen LogP contribution in [0.3, 0.4) is 0 Å². The summed E-state index contributed by atoms with van der Waals surface area (Å²) in [7, 11) is 1.82. The highest BCUT2D eigenvalue weighted by molar-refractivity contribution is 5.78. The molecule has 0 saturated carbocycles. The number of aryl methyl sites for hydroxylation is 1. The number of hydrogen-bond acceptors (Lipinski definition) is 3. The van der Waals surface area contributed by atoms with Crippen LogP contribution in [-0.2, 0) is 31.0 Å². The first-order valence-electron chi connectivity index (χ1n) is 8.18. The van der Waals surface area contributed by atoms with Gasteiger partial charge in [0, 0.05) is 31.5 Å². The summed E-state index contributed by atoms with van der Waals surface area (Å²) in [4.78, 5) is 16.3. The molecule has 0 fully saturated rings. The monoisotopic (exact) mass is 374 g/mol. The lowest BCUT2D eigenvalue weighted by Gasteiger charge is -2.09. The van der Waals surface area contributed by atoms with Crippen molar-refractivity contribution in [1.82, 2.24) is 20.1 Å². The molecule has 5 nitrogen and oxygen atoms in total. The predicted molar refractivity (Wildman–Crippen MR) is 93.4 cm³/mol. The maximum atomic E-state index is 12.7. The highest BCUT2D eigenvalue weighted by Gasteiger charge is 2.30. The molecule has 0 radical (unpaired) electrons. The molecule has 0 aliphatic carbocycles. The van der Waals surface area contributed by atoms with Crippen molar-refractivity contribution in [2.45, 2.75) is 19.1 Å². The fourth-order valence-electron chi connectivity index (χ4n) is 2.56. The van der Waals surface area contributed by atoms with Gasteiger partial charge in [0.25, 0.3) is 0 Å². The van der Waals surface area contributed by atoms with Crippen LogP contribution in [0.25, 0.3) is 11.3 Å². The third-order valence-electron chi connectivity index (χ3n) is 3.93. The smallest absolute Gasteiger partial charge is 0.352 e. The van der Waals surface area contributed by atoms with Crippen molar-refractivity contribution < 1.29 is 18.0 Å². The van der Waals surface area contributed by atoms with Gasteiger partial charge >= 0.3 is 6.18 Å². The van der Waals surface area contributed by atoms with Crippen LogP contribution < -0.4 is 5.32 Å². The molecule has 1 amide bonds. The molecule has 1 aromatic carbocycles. The van der Waals surface area contributed by atoms with Crippen molar-refractivity contribution in [3.8, 4) is 11.3 Å². The highest BCUT2D eigenvalue weighted by Crippen LogP contribution is 2.29. The molecule has 0 saturated heterocycles. The minimum absolute atomic E-state index is 0.120. The first-order chi connectivity index (χ1) is 12.8. The van der Waals surface area contributed by atoms with Crippen molar-refractivity contribution in [3.05, 3.63) is 71.7 Å². The van der Waals surface area contributed by atoms with E-state index >= 15 is 0 Å². The molecule has 3 rings (SSSR count). The van der Waals surface area contributed by atoms with Gasteiger partial charge in [-0.25, -0.2) is 0 Å². The van der Waals surface area contributed by atoms with Crippen LogP contribution >= 0.6 is 0 Å². The van der Waals surface area contributed by atoms with Gasteiger partial charge in [-0.15, -0.1) is 0 Å². The summed E-state index contributed by atoms with van der Waals surface area (Å²) in [6.45, 7) is 0.248. The van der Waals surface area contributed by atoms with Crippen LogP contribution in [0.2, 0.25) is 0 Å². The highest BCUT2D eigenvalue weighted by atomic mass is 19.4. The van der Waals surface area contributed by atoms with E-state index in [0.717, 1.165) is 29.0 Å². The third kappa shape index (κ3) is 4.93. The van der Waals surface area contributed by atoms with Crippen molar-refractivity contribution in [3.63, 3.8) is 0 Å². The zero-order valence-corrected chi connectivity index (χ0v) is 14.5. The number of benzene rings is 1. The minimum Gasteiger partial charge on any atom is -0.352 e. The van der Waals surface area contributed by atoms with Crippen molar-refractivity contribution in [2.24, 2.45) is 7.05 Å². The van der Waals surface area contributed by atoms with Gasteiger partial charge in [0.05, 0.1) is 23.9 Å². The average molecular weight is 374 g/mol. The lowest BCUT2D eigenvalue weighted by molar-refractivity contribution is -0.137. The van der Waals surface area contributed by atoms with Crippen molar-refractivity contribution in [1.29, 1.82) is 0 Å². The summed E-state index contributed by atoms with van der Waals surface area (Å²) in [5.41, 5.74) is 2.00. The molecule has 8 heteroatoms. The number of pyridine rings is 1. The van der Waals surface area contributed by atoms with E-state index in [4.69, 9.17) is 0 Å². The summed E-state index contributed by atoms with van der Waals surface area (Å²) in [6, 6.07) is 8.43. The van der Waals surface area contributed by atoms with Crippen LogP contribution in [0.1, 0.15) is 16.7 Å². The van der Waals surface area contributed by atoms with Crippen LogP contribution in [0.4, 0.5) is 13.2 Å². The summed E-state index contributed by atoms with van der Waals surface area (Å²) >= 11 is 0. The number of hydrogen-bond donors (Lipinski definition) is 1. The Morgan fingerprint density at radius 2 is 1.96 bits per heavy atom. The molecule has 0 bridgehead atoms. The Balaban J connectivity index is 1.56. The Bertz CT molecular complexity index is 933. The standard InChI is InChI=1S/C19H17F3N4O/c1-26-12-15(11-25-26)17-6-5-14(9-23-17)10-24-18(27)8-13-3-2-4-16(7-13)19(20,21)22/h2-7,9,11-12H,8,10H2,1H3,(H,24,27). The molecule has 1 N–H and O–H groups in total. The summed E-state index contributed by atoms with van der Waals surface area (Å²) in [5.74, 6) is -0.356. The molecule has 3 aromatic rings. The van der Waals surface area contributed by atoms with Gasteiger partial charge in [-0.3, -0.25) is 14.5 Å². The van der Waals surface area contributed by atoms with Gasteiger partial charge in [-0.2, -0.15) is 18.3 Å². The van der Waals surface area contributed by atoms with Gasteiger partial charge in [0.2, 0.25) is 5.91 Å². The number of rotatable bonds is 5. The fraction of sp³-hybridized carbons (Fsp3) is 0.211. The zero-order valence-electron chi connectivity index (χ0n) is 14.5. The molecule has 0 atom stereocenters. The Hall–Kier alpha value is -3.16. The van der Waals surface area contributed by atoms with Gasteiger partial charge < -0.3 is 5.32 Å². The number of nitrogens with one attached hydrogen (secondary N) is 1. The van der Waals surface area contributed by atoms with Crippen LogP contribution in [-0.4, -0.2) is 20.7 Å². The average Bonchev–Trinajstić information content (AvgIpc) is 3.06. The van der Waals surface area contributed by atoms with E-state index in [1.54, 1.807) is 17.1 Å². The lowest BCUT2D eigenvalue weighted by Crippen LogP contribution is -2.24. The van der Waals surface area contributed by atoms with E-state index in [-0.39, 0.29) is 18.9 Å². The number of carbonyl (C=O) groups excluding carboxylic acids is 1. The lowest BCUT2D eigenvalue weighted by atomic mass is 10.1. The molecular formula is C19H17F3N4O. The third-order valence-corrected chi connectivity index (χ3v) is 3.93. The second kappa shape index (κ2) is 7.61. The van der Waals surface area contributed by atoms with E-state index in [0.29, 0.717) is 5.56 Å². The summed E-state index contributed by atoms with van der Waals surface area (Å²) in [5, 5.41) is 6.78. The number of aromatic nitrogens is 3. The van der Waals surface area contributed by atoms with E-state index in [2.05, 4.69) is 15.4 Å². The molecule has 0 aliphatic rings. The molecule has 0 unspecified atom stereocenters. The molecule has 0 aliphatic heterocycles. The molecule has 27 heavy (non-hydrogen) atoms. The van der Waals surface area contributed by atoms with Gasteiger partial charge in [-0.05, 0) is 23.3 Å². The molecule has 2 aromatic heterocycles. The van der Waals surface area contributed by atoms with Crippen LogP contribution in [0.15, 0.2) is 55.0 Å². The fourth-order valence-corrected chi connectivity index (χ4v) is 2.56. The quantitative estimate of drug-likeness (QED) is 0.745. The zero-order chi connectivity index (χ0) is 19.4. The second-order valence-electron chi connectivity index (χ2n) is 6.11. The largest absolute Gasteiger partial charge is 0.416 e. The number of amides is 1. The van der Waals surface area contributed by atoms with Gasteiger partial charge in [0.1, 0.15) is 0 Å². The first kappa shape index (κ1) is 18.6. The summed E-state index contributed by atoms with van der Waals surface area (Å²) in [6.07, 6.45) is 0.657. The van der Waals surface area contributed by atoms with E-state index in [9.17, 15) is 18.0 Å². The van der Waals surface area contributed by atoms with Crippen LogP contribution in [0.5, 0.6) is 0 Å². The first-order valence-corrected chi connectivity index (χ1v) is 8.18. The molecule has 2 heterocycles. The molecular weight excluding hydrogens is 357 g/mol. The second-order valence-corrected chi connectivity index (χ2v) is 6.11. The van der Waals surface area contributed by atoms with E-state index in [1.807, 2.05) is 25.4 Å². The van der Waals surface area contributed by atoms with Crippen molar-refractivity contribution >= 4 is 5.91 Å². The Kier molecular flexibility index (Phi) is 5.25. The van der Waals surface area contributed by atoms with Crippen LogP contribution in [0, 0.1) is 0 Å². The maximum Gasteiger partial charge on any atom is 0.416 e. The SMILES string of the molecule is Cn1cc(-c2ccc(CNC(=O)Cc3cccc(C(F)(F)F)c3)cn2)cn1. The van der Waals surface area contributed by atoms with Crippen molar-refractivity contribution in [2.75, 3.05) is 0 Å². The maximum absolute atomic E-state index is 12.7. The van der Waals surface area contributed by atoms with Gasteiger partial charge in [-0.1, -0.05) is 24.3 Å². The van der Waals surface area contributed by atoms with E-state index < -0.39 is 11.7 Å². The Labute approximate surface area is 153 Å². The number of alkyl halides is 3. The van der Waals surface area contributed by atoms with E-state index in [1.165, 1.54) is 12.1 Å². The number of halogens is 3. The molecule has 140 valence electrons.